The highest BCUT2D eigenvalue weighted by molar-refractivity contribution is 5.09. The summed E-state index contributed by atoms with van der Waals surface area (Å²) in [5.41, 5.74) is 0. The Hall–Kier alpha value is -0.920. The average molecular weight is 248 g/mol. The van der Waals surface area contributed by atoms with Crippen molar-refractivity contribution in [2.75, 3.05) is 0 Å². The minimum Gasteiger partial charge on any atom is -0.497 e. The normalized spacial score (nSPS) is 54.0. The Morgan fingerprint density at radius 2 is 1.00 bits per heavy atom. The van der Waals surface area contributed by atoms with Gasteiger partial charge in [0.25, 0.3) is 0 Å². The minimum atomic E-state index is 0.528. The number of fused-ring (bicyclic) bond motifs is 2. The Bertz CT molecular complexity index is 337. The third kappa shape index (κ3) is 1.61. The Morgan fingerprint density at radius 1 is 0.611 bits per heavy atom. The second kappa shape index (κ2) is 4.32. The molecule has 0 amide bonds. The highest BCUT2D eigenvalue weighted by Gasteiger charge is 2.47. The molecule has 8 atom stereocenters. The first-order valence-corrected chi connectivity index (χ1v) is 7.25. The first-order chi connectivity index (χ1) is 8.61. The van der Waals surface area contributed by atoms with Gasteiger partial charge in [0.1, 0.15) is 12.2 Å². The van der Waals surface area contributed by atoms with Gasteiger partial charge in [-0.1, -0.05) is 27.7 Å². The van der Waals surface area contributed by atoms with Crippen molar-refractivity contribution in [2.24, 2.45) is 35.5 Å². The predicted octanol–water partition coefficient (Wildman–Crippen LogP) is 3.60. The first-order valence-electron chi connectivity index (χ1n) is 7.25. The van der Waals surface area contributed by atoms with Gasteiger partial charge in [-0.3, -0.25) is 0 Å². The Balaban J connectivity index is 0.000000111. The summed E-state index contributed by atoms with van der Waals surface area (Å²) in [5, 5.41) is 0. The molecule has 8 unspecified atom stereocenters. The van der Waals surface area contributed by atoms with E-state index in [-0.39, 0.29) is 0 Å². The summed E-state index contributed by atoms with van der Waals surface area (Å²) in [6, 6.07) is 0. The zero-order valence-corrected chi connectivity index (χ0v) is 11.7. The molecule has 18 heavy (non-hydrogen) atoms. The maximum absolute atomic E-state index is 5.35. The van der Waals surface area contributed by atoms with Crippen molar-refractivity contribution < 1.29 is 9.47 Å². The van der Waals surface area contributed by atoms with E-state index >= 15 is 0 Å². The molecule has 0 saturated heterocycles. The monoisotopic (exact) mass is 248 g/mol. The van der Waals surface area contributed by atoms with Crippen LogP contribution < -0.4 is 0 Å². The summed E-state index contributed by atoms with van der Waals surface area (Å²) in [4.78, 5) is 0. The van der Waals surface area contributed by atoms with Crippen molar-refractivity contribution in [2.45, 2.75) is 39.9 Å². The second-order valence-electron chi connectivity index (χ2n) is 6.45. The van der Waals surface area contributed by atoms with Gasteiger partial charge >= 0.3 is 0 Å². The van der Waals surface area contributed by atoms with Gasteiger partial charge < -0.3 is 9.47 Å². The van der Waals surface area contributed by atoms with Crippen LogP contribution in [-0.4, -0.2) is 12.2 Å². The van der Waals surface area contributed by atoms with E-state index < -0.39 is 0 Å². The summed E-state index contributed by atoms with van der Waals surface area (Å²) < 4.78 is 10.7. The lowest BCUT2D eigenvalue weighted by molar-refractivity contribution is -0.0460. The number of ether oxygens (including phenoxy) is 2. The van der Waals surface area contributed by atoms with Crippen molar-refractivity contribution in [1.29, 1.82) is 0 Å². The molecule has 2 heteroatoms. The largest absolute Gasteiger partial charge is 0.497 e. The fraction of sp³-hybridized carbons (Fsp3) is 0.750. The van der Waals surface area contributed by atoms with Crippen LogP contribution in [0.5, 0.6) is 0 Å². The number of hydrogen-bond acceptors (Lipinski definition) is 2. The molecule has 2 fully saturated rings. The molecule has 0 bridgehead atoms. The molecule has 0 N–H and O–H groups in total. The molecule has 2 nitrogen and oxygen atoms in total. The van der Waals surface area contributed by atoms with Crippen molar-refractivity contribution in [1.82, 2.24) is 0 Å². The molecule has 2 aliphatic heterocycles. The number of rotatable bonds is 0. The van der Waals surface area contributed by atoms with Crippen molar-refractivity contribution >= 4 is 0 Å². The van der Waals surface area contributed by atoms with E-state index in [0.29, 0.717) is 12.2 Å². The van der Waals surface area contributed by atoms with E-state index in [0.717, 1.165) is 35.5 Å². The van der Waals surface area contributed by atoms with Crippen LogP contribution in [0.3, 0.4) is 0 Å². The van der Waals surface area contributed by atoms with Crippen molar-refractivity contribution in [3.63, 3.8) is 0 Å². The highest BCUT2D eigenvalue weighted by atomic mass is 16.5. The molecule has 2 saturated carbocycles. The third-order valence-electron chi connectivity index (χ3n) is 5.74. The molecular formula is C16H24O2. The molecule has 4 aliphatic rings. The second-order valence-corrected chi connectivity index (χ2v) is 6.45. The zero-order valence-electron chi connectivity index (χ0n) is 11.7. The molecule has 0 aromatic heterocycles. The van der Waals surface area contributed by atoms with E-state index in [2.05, 4.69) is 39.8 Å². The number of hydrogen-bond donors (Lipinski definition) is 0. The summed E-state index contributed by atoms with van der Waals surface area (Å²) in [7, 11) is 0. The van der Waals surface area contributed by atoms with Gasteiger partial charge in [0.2, 0.25) is 0 Å². The van der Waals surface area contributed by atoms with Crippen LogP contribution in [0.4, 0.5) is 0 Å². The fourth-order valence-corrected chi connectivity index (χ4v) is 3.76. The average Bonchev–Trinajstić information content (AvgIpc) is 3.03. The van der Waals surface area contributed by atoms with Gasteiger partial charge in [0.15, 0.2) is 0 Å². The topological polar surface area (TPSA) is 18.5 Å². The molecule has 0 radical (unpaired) electrons. The van der Waals surface area contributed by atoms with E-state index in [4.69, 9.17) is 9.47 Å². The third-order valence-corrected chi connectivity index (χ3v) is 5.74. The molecule has 0 aromatic carbocycles. The highest BCUT2D eigenvalue weighted by Crippen LogP contribution is 2.46. The molecule has 2 aliphatic carbocycles. The summed E-state index contributed by atoms with van der Waals surface area (Å²) >= 11 is 0. The smallest absolute Gasteiger partial charge is 0.107 e. The Labute approximate surface area is 110 Å². The Morgan fingerprint density at radius 3 is 1.33 bits per heavy atom. The zero-order chi connectivity index (χ0) is 12.9. The van der Waals surface area contributed by atoms with Gasteiger partial charge in [0, 0.05) is 11.8 Å². The molecule has 100 valence electrons. The van der Waals surface area contributed by atoms with E-state index in [1.807, 2.05) is 12.5 Å². The van der Waals surface area contributed by atoms with E-state index in [9.17, 15) is 0 Å². The van der Waals surface area contributed by atoms with Crippen LogP contribution in [0.15, 0.2) is 24.7 Å². The maximum Gasteiger partial charge on any atom is 0.107 e. The SMILES string of the molecule is CC1C(C)C2OC=CC12.CC1C(C)C2OC=CC12. The lowest BCUT2D eigenvalue weighted by atomic mass is 9.65. The predicted molar refractivity (Wildman–Crippen MR) is 71.7 cm³/mol. The van der Waals surface area contributed by atoms with Gasteiger partial charge in [-0.15, -0.1) is 0 Å². The molecule has 2 heterocycles. The molecule has 0 spiro atoms. The van der Waals surface area contributed by atoms with Gasteiger partial charge in [0.05, 0.1) is 12.5 Å². The summed E-state index contributed by atoms with van der Waals surface area (Å²) in [6.45, 7) is 9.12. The maximum atomic E-state index is 5.35. The molecule has 0 aromatic rings. The lowest BCUT2D eigenvalue weighted by Crippen LogP contribution is -2.45. The quantitative estimate of drug-likeness (QED) is 0.652. The fourth-order valence-electron chi connectivity index (χ4n) is 3.76. The van der Waals surface area contributed by atoms with Gasteiger partial charge in [-0.05, 0) is 35.8 Å². The van der Waals surface area contributed by atoms with Crippen LogP contribution in [0.2, 0.25) is 0 Å². The van der Waals surface area contributed by atoms with Crippen LogP contribution in [-0.2, 0) is 9.47 Å². The van der Waals surface area contributed by atoms with E-state index in [1.165, 1.54) is 0 Å². The van der Waals surface area contributed by atoms with Gasteiger partial charge in [-0.25, -0.2) is 0 Å². The first kappa shape index (κ1) is 12.1. The van der Waals surface area contributed by atoms with Crippen molar-refractivity contribution in [3.05, 3.63) is 24.7 Å². The standard InChI is InChI=1S/2C8H12O/c2*1-5-6(2)8-7(5)3-4-9-8/h2*3-8H,1-2H3. The van der Waals surface area contributed by atoms with Gasteiger partial charge in [-0.2, -0.15) is 0 Å². The minimum absolute atomic E-state index is 0.528. The summed E-state index contributed by atoms with van der Waals surface area (Å²) in [5.74, 6) is 4.69. The van der Waals surface area contributed by atoms with E-state index in [1.54, 1.807) is 0 Å². The molecule has 4 rings (SSSR count). The van der Waals surface area contributed by atoms with Crippen LogP contribution in [0, 0.1) is 35.5 Å². The van der Waals surface area contributed by atoms with Crippen molar-refractivity contribution in [3.8, 4) is 0 Å². The van der Waals surface area contributed by atoms with Crippen LogP contribution in [0.1, 0.15) is 27.7 Å². The lowest BCUT2D eigenvalue weighted by Gasteiger charge is -2.43. The van der Waals surface area contributed by atoms with Crippen LogP contribution in [0.25, 0.3) is 0 Å². The molecular weight excluding hydrogens is 224 g/mol. The Kier molecular flexibility index (Phi) is 2.91. The van der Waals surface area contributed by atoms with Crippen LogP contribution >= 0.6 is 0 Å². The summed E-state index contributed by atoms with van der Waals surface area (Å²) in [6.07, 6.45) is 9.15.